The molecule has 4 nitrogen and oxygen atoms in total. The first-order valence-corrected chi connectivity index (χ1v) is 5.35. The highest BCUT2D eigenvalue weighted by molar-refractivity contribution is 9.10. The number of carbonyl (C=O) groups excluding carboxylic acids is 1. The van der Waals surface area contributed by atoms with E-state index in [2.05, 4.69) is 21.2 Å². The molecule has 7 heteroatoms. The molecule has 92 valence electrons. The standard InChI is InChI=1S/C10H8BrF2NO3/c11-6-3-5(12)4-7(13)10(6)14-8(15)1-2-9(16)17/h3-4H,1-2H2,(H,14,15)(H,16,17). The molecule has 0 saturated carbocycles. The SMILES string of the molecule is O=C(O)CCC(=O)Nc1c(F)cc(F)cc1Br. The zero-order valence-corrected chi connectivity index (χ0v) is 10.1. The number of anilines is 1. The lowest BCUT2D eigenvalue weighted by Gasteiger charge is -2.08. The zero-order valence-electron chi connectivity index (χ0n) is 8.47. The van der Waals surface area contributed by atoms with E-state index >= 15 is 0 Å². The molecule has 0 heterocycles. The molecule has 1 rings (SSSR count). The molecule has 0 aliphatic rings. The summed E-state index contributed by atoms with van der Waals surface area (Å²) in [6.45, 7) is 0. The molecule has 0 bridgehead atoms. The van der Waals surface area contributed by atoms with E-state index in [9.17, 15) is 18.4 Å². The summed E-state index contributed by atoms with van der Waals surface area (Å²) in [5.41, 5.74) is -0.207. The number of hydrogen-bond acceptors (Lipinski definition) is 2. The van der Waals surface area contributed by atoms with Crippen LogP contribution >= 0.6 is 15.9 Å². The van der Waals surface area contributed by atoms with Crippen LogP contribution in [0.25, 0.3) is 0 Å². The molecule has 0 radical (unpaired) electrons. The minimum absolute atomic E-state index is 0.0543. The fourth-order valence-corrected chi connectivity index (χ4v) is 1.59. The summed E-state index contributed by atoms with van der Waals surface area (Å²) in [6.07, 6.45) is -0.634. The Labute approximate surface area is 104 Å². The smallest absolute Gasteiger partial charge is 0.303 e. The van der Waals surface area contributed by atoms with Gasteiger partial charge in [0.15, 0.2) is 5.82 Å². The van der Waals surface area contributed by atoms with Gasteiger partial charge in [0.25, 0.3) is 0 Å². The Hall–Kier alpha value is -1.50. The van der Waals surface area contributed by atoms with Gasteiger partial charge in [-0.2, -0.15) is 0 Å². The lowest BCUT2D eigenvalue weighted by Crippen LogP contribution is -2.14. The number of aliphatic carboxylic acids is 1. The third-order valence-electron chi connectivity index (χ3n) is 1.84. The second kappa shape index (κ2) is 5.72. The zero-order chi connectivity index (χ0) is 13.0. The highest BCUT2D eigenvalue weighted by Crippen LogP contribution is 2.26. The number of benzene rings is 1. The number of rotatable bonds is 4. The van der Waals surface area contributed by atoms with Crippen molar-refractivity contribution in [2.24, 2.45) is 0 Å². The van der Waals surface area contributed by atoms with Gasteiger partial charge in [-0.05, 0) is 22.0 Å². The van der Waals surface area contributed by atoms with Crippen LogP contribution in [0.4, 0.5) is 14.5 Å². The molecular formula is C10H8BrF2NO3. The van der Waals surface area contributed by atoms with E-state index in [1.807, 2.05) is 0 Å². The van der Waals surface area contributed by atoms with E-state index in [0.717, 1.165) is 6.07 Å². The van der Waals surface area contributed by atoms with E-state index in [4.69, 9.17) is 5.11 Å². The van der Waals surface area contributed by atoms with E-state index in [1.165, 1.54) is 0 Å². The first-order chi connectivity index (χ1) is 7.90. The van der Waals surface area contributed by atoms with E-state index in [-0.39, 0.29) is 23.0 Å². The second-order valence-electron chi connectivity index (χ2n) is 3.19. The van der Waals surface area contributed by atoms with Crippen LogP contribution in [-0.4, -0.2) is 17.0 Å². The van der Waals surface area contributed by atoms with Gasteiger partial charge in [-0.15, -0.1) is 0 Å². The molecular weight excluding hydrogens is 300 g/mol. The summed E-state index contributed by atoms with van der Waals surface area (Å²) in [5, 5.41) is 10.5. The molecule has 2 N–H and O–H groups in total. The Morgan fingerprint density at radius 3 is 2.47 bits per heavy atom. The molecule has 0 unspecified atom stereocenters. The summed E-state index contributed by atoms with van der Waals surface area (Å²) in [5.74, 6) is -3.49. The van der Waals surface area contributed by atoms with Gasteiger partial charge < -0.3 is 10.4 Å². The quantitative estimate of drug-likeness (QED) is 0.898. The van der Waals surface area contributed by atoms with Crippen LogP contribution in [0.1, 0.15) is 12.8 Å². The molecule has 1 aromatic rings. The molecule has 0 aliphatic heterocycles. The van der Waals surface area contributed by atoms with Gasteiger partial charge in [0.05, 0.1) is 12.1 Å². The summed E-state index contributed by atoms with van der Waals surface area (Å²) >= 11 is 2.90. The van der Waals surface area contributed by atoms with Crippen molar-refractivity contribution in [2.45, 2.75) is 12.8 Å². The van der Waals surface area contributed by atoms with Gasteiger partial charge >= 0.3 is 5.97 Å². The number of carbonyl (C=O) groups is 2. The maximum absolute atomic E-state index is 13.3. The topological polar surface area (TPSA) is 66.4 Å². The molecule has 0 aliphatic carbocycles. The van der Waals surface area contributed by atoms with Gasteiger partial charge in [0.1, 0.15) is 5.82 Å². The summed E-state index contributed by atoms with van der Waals surface area (Å²) in [6, 6.07) is 1.62. The predicted octanol–water partition coefficient (Wildman–Crippen LogP) is 2.53. The molecule has 0 fully saturated rings. The molecule has 0 saturated heterocycles. The first kappa shape index (κ1) is 13.6. The number of nitrogens with one attached hydrogen (secondary N) is 1. The number of halogens is 3. The molecule has 0 spiro atoms. The van der Waals surface area contributed by atoms with E-state index in [0.29, 0.717) is 6.07 Å². The minimum atomic E-state index is -1.13. The minimum Gasteiger partial charge on any atom is -0.481 e. The monoisotopic (exact) mass is 307 g/mol. The molecule has 1 amide bonds. The Morgan fingerprint density at radius 2 is 1.94 bits per heavy atom. The van der Waals surface area contributed by atoms with Crippen molar-refractivity contribution < 1.29 is 23.5 Å². The third kappa shape index (κ3) is 4.10. The lowest BCUT2D eigenvalue weighted by atomic mass is 10.2. The van der Waals surface area contributed by atoms with Gasteiger partial charge in [0.2, 0.25) is 5.91 Å². The molecule has 1 aromatic carbocycles. The molecule has 0 aromatic heterocycles. The first-order valence-electron chi connectivity index (χ1n) is 4.56. The van der Waals surface area contributed by atoms with Gasteiger partial charge in [0, 0.05) is 17.0 Å². The summed E-state index contributed by atoms with van der Waals surface area (Å²) < 4.78 is 26.1. The van der Waals surface area contributed by atoms with Crippen molar-refractivity contribution in [2.75, 3.05) is 5.32 Å². The average Bonchev–Trinajstić information content (AvgIpc) is 2.20. The van der Waals surface area contributed by atoms with E-state index in [1.54, 1.807) is 0 Å². The van der Waals surface area contributed by atoms with Gasteiger partial charge in [-0.1, -0.05) is 0 Å². The molecule has 0 atom stereocenters. The fraction of sp³-hybridized carbons (Fsp3) is 0.200. The van der Waals surface area contributed by atoms with Crippen LogP contribution in [0.2, 0.25) is 0 Å². The molecule has 17 heavy (non-hydrogen) atoms. The van der Waals surface area contributed by atoms with Crippen molar-refractivity contribution in [1.82, 2.24) is 0 Å². The third-order valence-corrected chi connectivity index (χ3v) is 2.46. The Balaban J connectivity index is 2.75. The second-order valence-corrected chi connectivity index (χ2v) is 4.04. The lowest BCUT2D eigenvalue weighted by molar-refractivity contribution is -0.138. The number of hydrogen-bond donors (Lipinski definition) is 2. The van der Waals surface area contributed by atoms with Gasteiger partial charge in [-0.3, -0.25) is 9.59 Å². The number of carboxylic acid groups (broad SMARTS) is 1. The van der Waals surface area contributed by atoms with Crippen molar-refractivity contribution in [3.63, 3.8) is 0 Å². The summed E-state index contributed by atoms with van der Waals surface area (Å²) in [4.78, 5) is 21.5. The highest BCUT2D eigenvalue weighted by Gasteiger charge is 2.13. The van der Waals surface area contributed by atoms with Crippen molar-refractivity contribution in [1.29, 1.82) is 0 Å². The highest BCUT2D eigenvalue weighted by atomic mass is 79.9. The van der Waals surface area contributed by atoms with Crippen molar-refractivity contribution >= 4 is 33.5 Å². The number of carboxylic acids is 1. The fourth-order valence-electron chi connectivity index (χ4n) is 1.08. The maximum Gasteiger partial charge on any atom is 0.303 e. The number of amides is 1. The maximum atomic E-state index is 13.3. The van der Waals surface area contributed by atoms with Crippen molar-refractivity contribution in [3.8, 4) is 0 Å². The van der Waals surface area contributed by atoms with Crippen LogP contribution in [0, 0.1) is 11.6 Å². The average molecular weight is 308 g/mol. The summed E-state index contributed by atoms with van der Waals surface area (Å²) in [7, 11) is 0. The normalized spacial score (nSPS) is 10.1. The van der Waals surface area contributed by atoms with Crippen LogP contribution in [0.5, 0.6) is 0 Å². The van der Waals surface area contributed by atoms with Crippen LogP contribution in [0.15, 0.2) is 16.6 Å². The Kier molecular flexibility index (Phi) is 4.56. The Morgan fingerprint density at radius 1 is 1.29 bits per heavy atom. The van der Waals surface area contributed by atoms with Gasteiger partial charge in [-0.25, -0.2) is 8.78 Å². The van der Waals surface area contributed by atoms with Crippen LogP contribution in [-0.2, 0) is 9.59 Å². The van der Waals surface area contributed by atoms with Crippen molar-refractivity contribution in [3.05, 3.63) is 28.2 Å². The Bertz CT molecular complexity index is 442. The largest absolute Gasteiger partial charge is 0.481 e. The predicted molar refractivity (Wildman–Crippen MR) is 59.6 cm³/mol. The van der Waals surface area contributed by atoms with Crippen LogP contribution in [0.3, 0.4) is 0 Å². The van der Waals surface area contributed by atoms with Crippen LogP contribution < -0.4 is 5.32 Å². The van der Waals surface area contributed by atoms with E-state index < -0.39 is 23.5 Å².